The van der Waals surface area contributed by atoms with Crippen molar-refractivity contribution in [1.29, 1.82) is 0 Å². The molecule has 0 N–H and O–H groups in total. The number of carbonyl (C=O) groups is 1. The number of aromatic nitrogens is 3. The largest absolute Gasteiger partial charge is 0.379 e. The van der Waals surface area contributed by atoms with Gasteiger partial charge in [0.15, 0.2) is 16.8 Å². The molecule has 1 fully saturated rings. The molecule has 32 heavy (non-hydrogen) atoms. The number of rotatable bonds is 8. The lowest BCUT2D eigenvalue weighted by molar-refractivity contribution is 0.0361. The van der Waals surface area contributed by atoms with E-state index in [1.807, 2.05) is 11.5 Å². The quantitative estimate of drug-likeness (QED) is 0.355. The predicted molar refractivity (Wildman–Crippen MR) is 124 cm³/mol. The Morgan fingerprint density at radius 2 is 1.78 bits per heavy atom. The van der Waals surface area contributed by atoms with E-state index in [2.05, 4.69) is 15.1 Å². The molecule has 2 heterocycles. The van der Waals surface area contributed by atoms with Gasteiger partial charge in [0, 0.05) is 42.3 Å². The van der Waals surface area contributed by atoms with Crippen molar-refractivity contribution in [2.75, 3.05) is 32.8 Å². The van der Waals surface area contributed by atoms with Gasteiger partial charge < -0.3 is 9.30 Å². The molecule has 0 bridgehead atoms. The SMILES string of the molecule is CC(Sc1nnc(-c2ccc(F)cc2)n1CCN1CCOCC1)C(=O)c1ccc(Cl)cc1. The van der Waals surface area contributed by atoms with Crippen molar-refractivity contribution in [3.05, 3.63) is 64.9 Å². The number of Topliss-reactive ketones (excluding diaryl/α,β-unsaturated/α-hetero) is 1. The Balaban J connectivity index is 1.56. The molecule has 3 aromatic rings. The van der Waals surface area contributed by atoms with E-state index in [0.29, 0.717) is 28.1 Å². The molecule has 9 heteroatoms. The molecule has 0 aliphatic carbocycles. The summed E-state index contributed by atoms with van der Waals surface area (Å²) in [5, 5.41) is 9.64. The Bertz CT molecular complexity index is 1050. The molecule has 0 saturated carbocycles. The highest BCUT2D eigenvalue weighted by atomic mass is 35.5. The Morgan fingerprint density at radius 1 is 1.09 bits per heavy atom. The molecular formula is C23H24ClFN4O2S. The second kappa shape index (κ2) is 10.6. The van der Waals surface area contributed by atoms with Crippen LogP contribution in [0, 0.1) is 5.82 Å². The minimum Gasteiger partial charge on any atom is -0.379 e. The van der Waals surface area contributed by atoms with Crippen LogP contribution in [0.15, 0.2) is 53.7 Å². The molecule has 2 aromatic carbocycles. The summed E-state index contributed by atoms with van der Waals surface area (Å²) in [6.07, 6.45) is 0. The average molecular weight is 475 g/mol. The summed E-state index contributed by atoms with van der Waals surface area (Å²) in [6.45, 7) is 6.53. The predicted octanol–water partition coefficient (Wildman–Crippen LogP) is 4.43. The molecule has 1 unspecified atom stereocenters. The summed E-state index contributed by atoms with van der Waals surface area (Å²) in [7, 11) is 0. The lowest BCUT2D eigenvalue weighted by atomic mass is 10.1. The van der Waals surface area contributed by atoms with E-state index in [1.54, 1.807) is 36.4 Å². The van der Waals surface area contributed by atoms with E-state index in [9.17, 15) is 9.18 Å². The Morgan fingerprint density at radius 3 is 2.47 bits per heavy atom. The van der Waals surface area contributed by atoms with E-state index in [1.165, 1.54) is 23.9 Å². The van der Waals surface area contributed by atoms with Crippen LogP contribution >= 0.6 is 23.4 Å². The van der Waals surface area contributed by atoms with E-state index in [0.717, 1.165) is 38.4 Å². The third-order valence-corrected chi connectivity index (χ3v) is 6.68. The number of hydrogen-bond acceptors (Lipinski definition) is 6. The summed E-state index contributed by atoms with van der Waals surface area (Å²) in [5.74, 6) is 0.356. The zero-order valence-corrected chi connectivity index (χ0v) is 19.3. The molecule has 1 atom stereocenters. The van der Waals surface area contributed by atoms with Crippen molar-refractivity contribution in [1.82, 2.24) is 19.7 Å². The van der Waals surface area contributed by atoms with Crippen LogP contribution in [0.4, 0.5) is 4.39 Å². The fraction of sp³-hybridized carbons (Fsp3) is 0.348. The minimum absolute atomic E-state index is 0.00210. The Labute approximate surface area is 195 Å². The molecule has 0 spiro atoms. The first kappa shape index (κ1) is 22.9. The van der Waals surface area contributed by atoms with Gasteiger partial charge in [0.2, 0.25) is 0 Å². The fourth-order valence-corrected chi connectivity index (χ4v) is 4.59. The summed E-state index contributed by atoms with van der Waals surface area (Å²) in [4.78, 5) is 15.2. The lowest BCUT2D eigenvalue weighted by Gasteiger charge is -2.27. The molecule has 4 rings (SSSR count). The second-order valence-corrected chi connectivity index (χ2v) is 9.29. The third-order valence-electron chi connectivity index (χ3n) is 5.34. The first-order valence-corrected chi connectivity index (χ1v) is 11.7. The zero-order valence-electron chi connectivity index (χ0n) is 17.7. The monoisotopic (exact) mass is 474 g/mol. The molecule has 168 valence electrons. The number of hydrogen-bond donors (Lipinski definition) is 0. The van der Waals surface area contributed by atoms with E-state index < -0.39 is 0 Å². The van der Waals surface area contributed by atoms with Gasteiger partial charge in [-0.05, 0) is 55.5 Å². The normalized spacial score (nSPS) is 15.6. The topological polar surface area (TPSA) is 60.3 Å². The summed E-state index contributed by atoms with van der Waals surface area (Å²) >= 11 is 7.31. The number of benzene rings is 2. The maximum Gasteiger partial charge on any atom is 0.192 e. The van der Waals surface area contributed by atoms with E-state index in [-0.39, 0.29) is 16.9 Å². The highest BCUT2D eigenvalue weighted by Crippen LogP contribution is 2.29. The number of nitrogens with zero attached hydrogens (tertiary/aromatic N) is 4. The molecule has 1 saturated heterocycles. The maximum atomic E-state index is 13.4. The molecule has 0 radical (unpaired) electrons. The van der Waals surface area contributed by atoms with Gasteiger partial charge in [0.05, 0.1) is 18.5 Å². The van der Waals surface area contributed by atoms with Crippen molar-refractivity contribution in [3.8, 4) is 11.4 Å². The van der Waals surface area contributed by atoms with Gasteiger partial charge in [0.1, 0.15) is 5.82 Å². The van der Waals surface area contributed by atoms with Crippen molar-refractivity contribution < 1.29 is 13.9 Å². The maximum absolute atomic E-state index is 13.4. The van der Waals surface area contributed by atoms with Gasteiger partial charge in [0.25, 0.3) is 0 Å². The molecule has 1 aromatic heterocycles. The highest BCUT2D eigenvalue weighted by molar-refractivity contribution is 8.00. The van der Waals surface area contributed by atoms with E-state index >= 15 is 0 Å². The molecule has 1 aliphatic rings. The van der Waals surface area contributed by atoms with E-state index in [4.69, 9.17) is 16.3 Å². The van der Waals surface area contributed by atoms with Gasteiger partial charge in [-0.1, -0.05) is 23.4 Å². The molecular weight excluding hydrogens is 451 g/mol. The zero-order chi connectivity index (χ0) is 22.5. The standard InChI is InChI=1S/C23H24ClFN4O2S/c1-16(21(30)17-2-6-19(24)7-3-17)32-23-27-26-22(18-4-8-20(25)9-5-18)29(23)11-10-28-12-14-31-15-13-28/h2-9,16H,10-15H2,1H3. The second-order valence-electron chi connectivity index (χ2n) is 7.55. The Kier molecular flexibility index (Phi) is 7.57. The van der Waals surface area contributed by atoms with Gasteiger partial charge in [-0.2, -0.15) is 0 Å². The van der Waals surface area contributed by atoms with Crippen LogP contribution in [-0.2, 0) is 11.3 Å². The molecule has 0 amide bonds. The van der Waals surface area contributed by atoms with Crippen LogP contribution in [0.2, 0.25) is 5.02 Å². The number of halogens is 2. The van der Waals surface area contributed by atoms with Crippen molar-refractivity contribution in [3.63, 3.8) is 0 Å². The molecule has 6 nitrogen and oxygen atoms in total. The minimum atomic E-state index is -0.358. The summed E-state index contributed by atoms with van der Waals surface area (Å²) in [6, 6.07) is 13.1. The van der Waals surface area contributed by atoms with Crippen LogP contribution in [0.1, 0.15) is 17.3 Å². The number of ketones is 1. The number of thioether (sulfide) groups is 1. The van der Waals surface area contributed by atoms with Crippen molar-refractivity contribution in [2.45, 2.75) is 23.9 Å². The average Bonchev–Trinajstić information content (AvgIpc) is 3.21. The fourth-order valence-electron chi connectivity index (χ4n) is 3.52. The Hall–Kier alpha value is -2.26. The van der Waals surface area contributed by atoms with Gasteiger partial charge in [-0.3, -0.25) is 9.69 Å². The lowest BCUT2D eigenvalue weighted by Crippen LogP contribution is -2.38. The van der Waals surface area contributed by atoms with Crippen molar-refractivity contribution in [2.24, 2.45) is 0 Å². The summed E-state index contributed by atoms with van der Waals surface area (Å²) < 4.78 is 20.9. The van der Waals surface area contributed by atoms with Gasteiger partial charge >= 0.3 is 0 Å². The third kappa shape index (κ3) is 5.56. The smallest absolute Gasteiger partial charge is 0.192 e. The molecule has 1 aliphatic heterocycles. The number of ether oxygens (including phenoxy) is 1. The van der Waals surface area contributed by atoms with Crippen LogP contribution in [0.3, 0.4) is 0 Å². The number of carbonyl (C=O) groups excluding carboxylic acids is 1. The van der Waals surface area contributed by atoms with Crippen LogP contribution in [-0.4, -0.2) is 63.5 Å². The van der Waals surface area contributed by atoms with Gasteiger partial charge in [-0.15, -0.1) is 10.2 Å². The first-order chi connectivity index (χ1) is 15.5. The van der Waals surface area contributed by atoms with Gasteiger partial charge in [-0.25, -0.2) is 4.39 Å². The first-order valence-electron chi connectivity index (χ1n) is 10.5. The van der Waals surface area contributed by atoms with Crippen LogP contribution in [0.25, 0.3) is 11.4 Å². The number of morpholine rings is 1. The summed E-state index contributed by atoms with van der Waals surface area (Å²) in [5.41, 5.74) is 1.39. The van der Waals surface area contributed by atoms with Crippen molar-refractivity contribution >= 4 is 29.1 Å². The van der Waals surface area contributed by atoms with Crippen LogP contribution in [0.5, 0.6) is 0 Å². The highest BCUT2D eigenvalue weighted by Gasteiger charge is 2.22. The van der Waals surface area contributed by atoms with Crippen LogP contribution < -0.4 is 0 Å².